The lowest BCUT2D eigenvalue weighted by molar-refractivity contribution is -0.243. The van der Waals surface area contributed by atoms with Crippen LogP contribution in [0.1, 0.15) is 95.8 Å². The Bertz CT molecular complexity index is 514. The van der Waals surface area contributed by atoms with Crippen LogP contribution >= 0.6 is 0 Å². The van der Waals surface area contributed by atoms with Gasteiger partial charge in [0.05, 0.1) is 6.61 Å². The summed E-state index contributed by atoms with van der Waals surface area (Å²) in [4.78, 5) is 0. The van der Waals surface area contributed by atoms with Gasteiger partial charge >= 0.3 is 0 Å². The van der Waals surface area contributed by atoms with Crippen molar-refractivity contribution in [2.45, 2.75) is 102 Å². The monoisotopic (exact) mass is 388 g/mol. The normalized spacial score (nSPS) is 22.7. The topological polar surface area (TPSA) is 38.7 Å². The third-order valence-electron chi connectivity index (χ3n) is 5.45. The fourth-order valence-corrected chi connectivity index (χ4v) is 3.67. The first-order chi connectivity index (χ1) is 13.8. The molecule has 1 saturated heterocycles. The molecule has 0 amide bonds. The Kier molecular flexibility index (Phi) is 12.2. The molecule has 1 aromatic rings. The van der Waals surface area contributed by atoms with Gasteiger partial charge in [-0.15, -0.1) is 0 Å². The van der Waals surface area contributed by atoms with Crippen LogP contribution in [-0.4, -0.2) is 23.9 Å². The van der Waals surface area contributed by atoms with Gasteiger partial charge in [0.25, 0.3) is 0 Å². The van der Waals surface area contributed by atoms with Gasteiger partial charge in [0.2, 0.25) is 0 Å². The summed E-state index contributed by atoms with van der Waals surface area (Å²) in [6.45, 7) is 2.59. The predicted molar refractivity (Wildman–Crippen MR) is 116 cm³/mol. The van der Waals surface area contributed by atoms with Gasteiger partial charge in [0.15, 0.2) is 6.29 Å². The molecule has 3 heteroatoms. The van der Waals surface area contributed by atoms with Crippen LogP contribution in [0.5, 0.6) is 0 Å². The molecule has 0 radical (unpaired) electrons. The van der Waals surface area contributed by atoms with Gasteiger partial charge in [-0.1, -0.05) is 114 Å². The molecule has 158 valence electrons. The minimum atomic E-state index is -0.589. The number of allylic oxidation sites excluding steroid dienone is 1. The molecule has 1 aliphatic heterocycles. The van der Waals surface area contributed by atoms with E-state index in [1.165, 1.54) is 70.6 Å². The Hall–Kier alpha value is -1.16. The SMILES string of the molecule is CCCCCCCCCCCCCC=C[C@@H]1OC(c2ccccc2)OC[C@H]1O. The third kappa shape index (κ3) is 9.36. The number of hydrogen-bond acceptors (Lipinski definition) is 3. The van der Waals surface area contributed by atoms with Gasteiger partial charge in [-0.05, 0) is 12.8 Å². The number of benzene rings is 1. The van der Waals surface area contributed by atoms with Crippen molar-refractivity contribution in [3.8, 4) is 0 Å². The van der Waals surface area contributed by atoms with E-state index in [1.54, 1.807) is 0 Å². The van der Waals surface area contributed by atoms with Crippen LogP contribution < -0.4 is 0 Å². The van der Waals surface area contributed by atoms with Crippen LogP contribution in [0.4, 0.5) is 0 Å². The molecule has 2 rings (SSSR count). The smallest absolute Gasteiger partial charge is 0.184 e. The molecular weight excluding hydrogens is 348 g/mol. The second kappa shape index (κ2) is 14.8. The molecule has 28 heavy (non-hydrogen) atoms. The largest absolute Gasteiger partial charge is 0.388 e. The summed E-state index contributed by atoms with van der Waals surface area (Å²) < 4.78 is 11.6. The van der Waals surface area contributed by atoms with Crippen molar-refractivity contribution in [3.05, 3.63) is 48.0 Å². The molecule has 1 unspecified atom stereocenters. The fourth-order valence-electron chi connectivity index (χ4n) is 3.67. The van der Waals surface area contributed by atoms with Crippen molar-refractivity contribution in [1.29, 1.82) is 0 Å². The first-order valence-corrected chi connectivity index (χ1v) is 11.5. The zero-order valence-corrected chi connectivity index (χ0v) is 17.7. The molecule has 3 nitrogen and oxygen atoms in total. The Morgan fingerprint density at radius 2 is 1.50 bits per heavy atom. The summed E-state index contributed by atoms with van der Waals surface area (Å²) in [6, 6.07) is 9.92. The summed E-state index contributed by atoms with van der Waals surface area (Å²) in [5.74, 6) is 0. The number of rotatable bonds is 14. The predicted octanol–water partition coefficient (Wildman–Crippen LogP) is 6.72. The molecule has 1 heterocycles. The molecule has 1 aliphatic rings. The van der Waals surface area contributed by atoms with Crippen LogP contribution in [0, 0.1) is 0 Å². The molecule has 0 aliphatic carbocycles. The summed E-state index contributed by atoms with van der Waals surface area (Å²) in [6.07, 6.45) is 19.0. The lowest BCUT2D eigenvalue weighted by Gasteiger charge is -2.32. The highest BCUT2D eigenvalue weighted by Gasteiger charge is 2.29. The summed E-state index contributed by atoms with van der Waals surface area (Å²) in [5, 5.41) is 10.1. The minimum absolute atomic E-state index is 0.285. The summed E-state index contributed by atoms with van der Waals surface area (Å²) >= 11 is 0. The van der Waals surface area contributed by atoms with E-state index in [4.69, 9.17) is 9.47 Å². The highest BCUT2D eigenvalue weighted by molar-refractivity contribution is 5.16. The molecule has 0 saturated carbocycles. The highest BCUT2D eigenvalue weighted by atomic mass is 16.7. The van der Waals surface area contributed by atoms with Gasteiger partial charge in [-0.25, -0.2) is 0 Å². The number of aliphatic hydroxyl groups excluding tert-OH is 1. The lowest BCUT2D eigenvalue weighted by atomic mass is 10.0. The van der Waals surface area contributed by atoms with Gasteiger partial charge in [-0.2, -0.15) is 0 Å². The van der Waals surface area contributed by atoms with E-state index < -0.39 is 6.10 Å². The standard InChI is InChI=1S/C25H40O3/c1-2-3-4-5-6-7-8-9-10-11-12-13-17-20-24-23(26)21-27-25(28-24)22-18-15-14-16-19-22/h14-20,23-26H,2-13,21H2,1H3/t23-,24+,25?/m1/s1. The zero-order valence-electron chi connectivity index (χ0n) is 17.7. The quantitative estimate of drug-likeness (QED) is 0.284. The average molecular weight is 389 g/mol. The van der Waals surface area contributed by atoms with Gasteiger partial charge in [0.1, 0.15) is 12.2 Å². The Morgan fingerprint density at radius 3 is 2.14 bits per heavy atom. The van der Waals surface area contributed by atoms with Crippen molar-refractivity contribution in [2.24, 2.45) is 0 Å². The Morgan fingerprint density at radius 1 is 0.893 bits per heavy atom. The molecule has 0 spiro atoms. The van der Waals surface area contributed by atoms with E-state index in [-0.39, 0.29) is 12.4 Å². The maximum atomic E-state index is 10.1. The van der Waals surface area contributed by atoms with Crippen LogP contribution in [0.25, 0.3) is 0 Å². The first-order valence-electron chi connectivity index (χ1n) is 11.5. The van der Waals surface area contributed by atoms with Crippen molar-refractivity contribution >= 4 is 0 Å². The van der Waals surface area contributed by atoms with Crippen LogP contribution in [0.15, 0.2) is 42.5 Å². The van der Waals surface area contributed by atoms with E-state index in [0.717, 1.165) is 12.0 Å². The third-order valence-corrected chi connectivity index (χ3v) is 5.45. The first kappa shape index (κ1) is 23.1. The van der Waals surface area contributed by atoms with Gasteiger partial charge < -0.3 is 14.6 Å². The van der Waals surface area contributed by atoms with Crippen LogP contribution in [0.3, 0.4) is 0 Å². The number of unbranched alkanes of at least 4 members (excludes halogenated alkanes) is 11. The summed E-state index contributed by atoms with van der Waals surface area (Å²) in [5.41, 5.74) is 0.998. The van der Waals surface area contributed by atoms with E-state index in [0.29, 0.717) is 6.61 Å². The number of ether oxygens (including phenoxy) is 2. The van der Waals surface area contributed by atoms with Crippen LogP contribution in [-0.2, 0) is 9.47 Å². The van der Waals surface area contributed by atoms with Crippen molar-refractivity contribution in [2.75, 3.05) is 6.61 Å². The maximum Gasteiger partial charge on any atom is 0.184 e. The molecule has 0 bridgehead atoms. The van der Waals surface area contributed by atoms with Crippen molar-refractivity contribution in [3.63, 3.8) is 0 Å². The van der Waals surface area contributed by atoms with Gasteiger partial charge in [-0.3, -0.25) is 0 Å². The fraction of sp³-hybridized carbons (Fsp3) is 0.680. The van der Waals surface area contributed by atoms with E-state index >= 15 is 0 Å². The Labute approximate surface area is 172 Å². The van der Waals surface area contributed by atoms with Gasteiger partial charge in [0, 0.05) is 5.56 Å². The van der Waals surface area contributed by atoms with E-state index in [1.807, 2.05) is 36.4 Å². The molecule has 1 N–H and O–H groups in total. The van der Waals surface area contributed by atoms with Crippen LogP contribution in [0.2, 0.25) is 0 Å². The van der Waals surface area contributed by atoms with E-state index in [9.17, 15) is 5.11 Å². The van der Waals surface area contributed by atoms with Crippen molar-refractivity contribution in [1.82, 2.24) is 0 Å². The van der Waals surface area contributed by atoms with Crippen molar-refractivity contribution < 1.29 is 14.6 Å². The zero-order chi connectivity index (χ0) is 19.9. The lowest BCUT2D eigenvalue weighted by Crippen LogP contribution is -2.39. The number of hydrogen-bond donors (Lipinski definition) is 1. The summed E-state index contributed by atoms with van der Waals surface area (Å²) in [7, 11) is 0. The second-order valence-corrected chi connectivity index (χ2v) is 8.00. The minimum Gasteiger partial charge on any atom is -0.388 e. The Balaban J connectivity index is 1.51. The number of aliphatic hydroxyl groups is 1. The highest BCUT2D eigenvalue weighted by Crippen LogP contribution is 2.27. The second-order valence-electron chi connectivity index (χ2n) is 8.00. The molecule has 1 aromatic carbocycles. The molecule has 3 atom stereocenters. The molecular formula is C25H40O3. The average Bonchev–Trinajstić information content (AvgIpc) is 2.73. The maximum absolute atomic E-state index is 10.1. The van der Waals surface area contributed by atoms with E-state index in [2.05, 4.69) is 13.0 Å². The molecule has 1 fully saturated rings. The molecule has 0 aromatic heterocycles.